The second kappa shape index (κ2) is 8.10. The lowest BCUT2D eigenvalue weighted by Gasteiger charge is -2.23. The molecule has 0 atom stereocenters. The van der Waals surface area contributed by atoms with E-state index in [9.17, 15) is 5.11 Å². The standard InChI is InChI=1S/C14H17Br2N3OS/c15-10-6-9(13(20)12(16)7-10)8-17-19-14(21)18-11-4-2-1-3-5-11/h6-8,11,20H,1-5H2,(H2,18,19,21). The minimum absolute atomic E-state index is 0.148. The van der Waals surface area contributed by atoms with Gasteiger partial charge in [0.2, 0.25) is 0 Å². The first kappa shape index (κ1) is 16.7. The van der Waals surface area contributed by atoms with Gasteiger partial charge in [0.05, 0.1) is 10.7 Å². The maximum Gasteiger partial charge on any atom is 0.187 e. The van der Waals surface area contributed by atoms with Crippen molar-refractivity contribution in [3.63, 3.8) is 0 Å². The van der Waals surface area contributed by atoms with Gasteiger partial charge in [0, 0.05) is 16.1 Å². The van der Waals surface area contributed by atoms with Gasteiger partial charge in [-0.1, -0.05) is 35.2 Å². The van der Waals surface area contributed by atoms with Crippen LogP contribution in [-0.4, -0.2) is 22.5 Å². The van der Waals surface area contributed by atoms with E-state index >= 15 is 0 Å². The zero-order valence-corrected chi connectivity index (χ0v) is 15.4. The SMILES string of the molecule is Oc1c(Br)cc(Br)cc1C=NNC(=S)NC1CCCCC1. The van der Waals surface area contributed by atoms with Gasteiger partial charge in [-0.2, -0.15) is 5.10 Å². The number of phenolic OH excluding ortho intramolecular Hbond substituents is 1. The predicted octanol–water partition coefficient (Wildman–Crippen LogP) is 4.05. The quantitative estimate of drug-likeness (QED) is 0.381. The van der Waals surface area contributed by atoms with Gasteiger partial charge >= 0.3 is 0 Å². The fraction of sp³-hybridized carbons (Fsp3) is 0.429. The summed E-state index contributed by atoms with van der Waals surface area (Å²) >= 11 is 11.9. The number of hydrogen-bond donors (Lipinski definition) is 3. The normalized spacial score (nSPS) is 16.1. The molecule has 7 heteroatoms. The van der Waals surface area contributed by atoms with Crippen molar-refractivity contribution >= 4 is 55.4 Å². The highest BCUT2D eigenvalue weighted by Crippen LogP contribution is 2.30. The van der Waals surface area contributed by atoms with E-state index < -0.39 is 0 Å². The molecule has 2 rings (SSSR count). The molecule has 0 unspecified atom stereocenters. The molecule has 1 saturated carbocycles. The molecular formula is C14H17Br2N3OS. The van der Waals surface area contributed by atoms with E-state index in [1.165, 1.54) is 19.3 Å². The first-order valence-electron chi connectivity index (χ1n) is 6.84. The Morgan fingerprint density at radius 3 is 2.71 bits per heavy atom. The smallest absolute Gasteiger partial charge is 0.187 e. The summed E-state index contributed by atoms with van der Waals surface area (Å²) in [6, 6.07) is 4.00. The third-order valence-corrected chi connectivity index (χ3v) is 4.64. The molecule has 0 aromatic heterocycles. The highest BCUT2D eigenvalue weighted by Gasteiger charge is 2.13. The number of halogens is 2. The Balaban J connectivity index is 1.88. The maximum atomic E-state index is 9.91. The monoisotopic (exact) mass is 433 g/mol. The molecule has 0 radical (unpaired) electrons. The van der Waals surface area contributed by atoms with E-state index in [1.54, 1.807) is 18.3 Å². The molecule has 0 bridgehead atoms. The van der Waals surface area contributed by atoms with Crippen LogP contribution < -0.4 is 10.7 Å². The first-order chi connectivity index (χ1) is 10.1. The van der Waals surface area contributed by atoms with E-state index in [0.29, 0.717) is 21.2 Å². The molecule has 0 amide bonds. The molecular weight excluding hydrogens is 418 g/mol. The van der Waals surface area contributed by atoms with Gasteiger partial charge < -0.3 is 10.4 Å². The minimum atomic E-state index is 0.148. The van der Waals surface area contributed by atoms with Crippen LogP contribution in [0.1, 0.15) is 37.7 Å². The predicted molar refractivity (Wildman–Crippen MR) is 96.8 cm³/mol. The van der Waals surface area contributed by atoms with Gasteiger partial charge in [-0.15, -0.1) is 0 Å². The molecule has 0 heterocycles. The van der Waals surface area contributed by atoms with Crippen LogP contribution in [0.15, 0.2) is 26.2 Å². The van der Waals surface area contributed by atoms with Gasteiger partial charge in [-0.3, -0.25) is 5.43 Å². The Labute approximate surface area is 146 Å². The Hall–Kier alpha value is -0.660. The zero-order chi connectivity index (χ0) is 15.2. The van der Waals surface area contributed by atoms with Crippen molar-refractivity contribution in [1.29, 1.82) is 0 Å². The molecule has 114 valence electrons. The number of thiocarbonyl (C=S) groups is 1. The molecule has 0 saturated heterocycles. The van der Waals surface area contributed by atoms with Gasteiger partial charge in [0.1, 0.15) is 5.75 Å². The van der Waals surface area contributed by atoms with Gasteiger partial charge in [-0.05, 0) is 53.1 Å². The van der Waals surface area contributed by atoms with E-state index in [1.807, 2.05) is 0 Å². The van der Waals surface area contributed by atoms with Gasteiger partial charge in [-0.25, -0.2) is 0 Å². The first-order valence-corrected chi connectivity index (χ1v) is 8.83. The second-order valence-corrected chi connectivity index (χ2v) is 7.18. The fourth-order valence-electron chi connectivity index (χ4n) is 2.31. The van der Waals surface area contributed by atoms with E-state index in [-0.39, 0.29) is 5.75 Å². The Kier molecular flexibility index (Phi) is 6.44. The second-order valence-electron chi connectivity index (χ2n) is 5.00. The molecule has 0 spiro atoms. The van der Waals surface area contributed by atoms with Crippen molar-refractivity contribution < 1.29 is 5.11 Å². The van der Waals surface area contributed by atoms with Crippen molar-refractivity contribution in [1.82, 2.24) is 10.7 Å². The van der Waals surface area contributed by atoms with Crippen molar-refractivity contribution in [2.24, 2.45) is 5.10 Å². The molecule has 4 nitrogen and oxygen atoms in total. The van der Waals surface area contributed by atoms with Crippen LogP contribution in [0.5, 0.6) is 5.75 Å². The molecule has 1 aliphatic rings. The van der Waals surface area contributed by atoms with E-state index in [0.717, 1.165) is 17.3 Å². The van der Waals surface area contributed by atoms with Crippen LogP contribution in [-0.2, 0) is 0 Å². The third kappa shape index (κ3) is 5.23. The van der Waals surface area contributed by atoms with Gasteiger partial charge in [0.15, 0.2) is 5.11 Å². The van der Waals surface area contributed by atoms with Crippen LogP contribution in [0.25, 0.3) is 0 Å². The lowest BCUT2D eigenvalue weighted by Crippen LogP contribution is -2.40. The van der Waals surface area contributed by atoms with Crippen molar-refractivity contribution in [2.45, 2.75) is 38.1 Å². The average molecular weight is 435 g/mol. The minimum Gasteiger partial charge on any atom is -0.506 e. The number of phenols is 1. The summed E-state index contributed by atoms with van der Waals surface area (Å²) in [7, 11) is 0. The topological polar surface area (TPSA) is 56.7 Å². The fourth-order valence-corrected chi connectivity index (χ4v) is 3.79. The number of nitrogens with zero attached hydrogens (tertiary/aromatic N) is 1. The summed E-state index contributed by atoms with van der Waals surface area (Å²) in [6.07, 6.45) is 7.68. The molecule has 0 aliphatic heterocycles. The molecule has 3 N–H and O–H groups in total. The van der Waals surface area contributed by atoms with Crippen molar-refractivity contribution in [2.75, 3.05) is 0 Å². The van der Waals surface area contributed by atoms with Crippen LogP contribution in [0, 0.1) is 0 Å². The molecule has 21 heavy (non-hydrogen) atoms. The number of hydrogen-bond acceptors (Lipinski definition) is 3. The lowest BCUT2D eigenvalue weighted by molar-refractivity contribution is 0.412. The van der Waals surface area contributed by atoms with E-state index in [2.05, 4.69) is 47.7 Å². The van der Waals surface area contributed by atoms with Crippen LogP contribution in [0.2, 0.25) is 0 Å². The number of rotatable bonds is 3. The van der Waals surface area contributed by atoms with Gasteiger partial charge in [0.25, 0.3) is 0 Å². The summed E-state index contributed by atoms with van der Waals surface area (Å²) in [6.45, 7) is 0. The lowest BCUT2D eigenvalue weighted by atomic mass is 9.96. The van der Waals surface area contributed by atoms with Crippen LogP contribution in [0.3, 0.4) is 0 Å². The number of benzene rings is 1. The number of hydrazone groups is 1. The van der Waals surface area contributed by atoms with Crippen LogP contribution in [0.4, 0.5) is 0 Å². The van der Waals surface area contributed by atoms with Crippen molar-refractivity contribution in [3.8, 4) is 5.75 Å². The summed E-state index contributed by atoms with van der Waals surface area (Å²) in [4.78, 5) is 0. The Morgan fingerprint density at radius 2 is 2.00 bits per heavy atom. The summed E-state index contributed by atoms with van der Waals surface area (Å²) in [5.41, 5.74) is 3.39. The highest BCUT2D eigenvalue weighted by molar-refractivity contribution is 9.11. The largest absolute Gasteiger partial charge is 0.506 e. The van der Waals surface area contributed by atoms with E-state index in [4.69, 9.17) is 12.2 Å². The number of nitrogens with one attached hydrogen (secondary N) is 2. The summed E-state index contributed by atoms with van der Waals surface area (Å²) in [5, 5.41) is 17.8. The average Bonchev–Trinajstić information content (AvgIpc) is 2.45. The molecule has 1 fully saturated rings. The summed E-state index contributed by atoms with van der Waals surface area (Å²) in [5.74, 6) is 0.148. The maximum absolute atomic E-state index is 9.91. The third-order valence-electron chi connectivity index (χ3n) is 3.37. The zero-order valence-electron chi connectivity index (χ0n) is 11.4. The van der Waals surface area contributed by atoms with Crippen molar-refractivity contribution in [3.05, 3.63) is 26.6 Å². The highest BCUT2D eigenvalue weighted by atomic mass is 79.9. The molecule has 1 aromatic rings. The van der Waals surface area contributed by atoms with Crippen LogP contribution >= 0.6 is 44.1 Å². The Bertz CT molecular complexity index is 545. The number of aromatic hydroxyl groups is 1. The Morgan fingerprint density at radius 1 is 1.29 bits per heavy atom. The molecule has 1 aliphatic carbocycles. The summed E-state index contributed by atoms with van der Waals surface area (Å²) < 4.78 is 1.47. The molecule has 1 aromatic carbocycles.